The fraction of sp³-hybridized carbons (Fsp3) is 0.273. The fourth-order valence-corrected chi connectivity index (χ4v) is 3.38. The molecule has 1 saturated heterocycles. The second kappa shape index (κ2) is 9.48. The third kappa shape index (κ3) is 5.40. The van der Waals surface area contributed by atoms with Gasteiger partial charge in [0.15, 0.2) is 0 Å². The predicted molar refractivity (Wildman–Crippen MR) is 114 cm³/mol. The Balaban J connectivity index is 1.22. The van der Waals surface area contributed by atoms with Gasteiger partial charge in [-0.3, -0.25) is 0 Å². The number of carbonyl (C=O) groups is 1. The number of rotatable bonds is 6. The molecule has 8 heteroatoms. The van der Waals surface area contributed by atoms with Crippen molar-refractivity contribution in [1.29, 1.82) is 0 Å². The van der Waals surface area contributed by atoms with Gasteiger partial charge in [0, 0.05) is 0 Å². The molecule has 0 aliphatic carbocycles. The topological polar surface area (TPSA) is 66.6 Å². The number of benzene rings is 2. The van der Waals surface area contributed by atoms with Crippen LogP contribution in [0.4, 0.5) is 14.8 Å². The van der Waals surface area contributed by atoms with E-state index < -0.39 is 0 Å². The van der Waals surface area contributed by atoms with Crippen molar-refractivity contribution in [2.75, 3.05) is 18.4 Å². The molecule has 1 aliphatic heterocycles. The van der Waals surface area contributed by atoms with Gasteiger partial charge in [0.1, 0.15) is 12.4 Å². The summed E-state index contributed by atoms with van der Waals surface area (Å²) in [6.07, 6.45) is 3.39. The van der Waals surface area contributed by atoms with Crippen molar-refractivity contribution in [1.82, 2.24) is 9.79 Å². The number of halogens is 1. The van der Waals surface area contributed by atoms with Gasteiger partial charge in [0.25, 0.3) is 0 Å². The minimum absolute atomic E-state index is 0.0698. The maximum atomic E-state index is 13.2. The molecule has 2 heterocycles. The second-order valence-electron chi connectivity index (χ2n) is 7.22. The first-order valence-corrected chi connectivity index (χ1v) is 9.98. The van der Waals surface area contributed by atoms with Crippen LogP contribution >= 0.6 is 0 Å². The molecule has 1 aliphatic rings. The second-order valence-corrected chi connectivity index (χ2v) is 7.22. The average Bonchev–Trinajstić information content (AvgIpc) is 3.27. The van der Waals surface area contributed by atoms with Gasteiger partial charge in [-0.15, -0.1) is 0 Å². The van der Waals surface area contributed by atoms with Gasteiger partial charge in [-0.05, 0) is 17.7 Å². The molecule has 2 amide bonds. The van der Waals surface area contributed by atoms with Gasteiger partial charge in [0.05, 0.1) is 0 Å². The van der Waals surface area contributed by atoms with Crippen LogP contribution in [0.2, 0.25) is 0 Å². The van der Waals surface area contributed by atoms with Crippen LogP contribution < -0.4 is 14.8 Å². The molecule has 154 valence electrons. The number of amides is 2. The standard InChI is InChI=1S/C22H23BFN3O3/c24-17-3-1-2-16(14-17)15-29-18-4-6-19(7-5-18)30-20-9-12-27(13-10-20)22(28)26-21-8-11-25-23-21/h1-8,11,14,20,25H,9-10,12-13,15H2,(H,26,28). The maximum absolute atomic E-state index is 13.2. The third-order valence-corrected chi connectivity index (χ3v) is 5.00. The van der Waals surface area contributed by atoms with E-state index in [-0.39, 0.29) is 18.0 Å². The molecule has 6 nitrogen and oxygen atoms in total. The van der Waals surface area contributed by atoms with Crippen molar-refractivity contribution in [2.24, 2.45) is 0 Å². The summed E-state index contributed by atoms with van der Waals surface area (Å²) in [5.74, 6) is 1.19. The van der Waals surface area contributed by atoms with Crippen molar-refractivity contribution < 1.29 is 18.7 Å². The van der Waals surface area contributed by atoms with Crippen molar-refractivity contribution in [2.45, 2.75) is 25.6 Å². The normalized spacial score (nSPS) is 14.2. The van der Waals surface area contributed by atoms with Gasteiger partial charge >= 0.3 is 123 Å². The molecule has 0 saturated carbocycles. The van der Waals surface area contributed by atoms with Crippen LogP contribution in [-0.4, -0.2) is 42.1 Å². The minimum atomic E-state index is -0.271. The van der Waals surface area contributed by atoms with Crippen LogP contribution in [0, 0.1) is 5.82 Å². The van der Waals surface area contributed by atoms with Gasteiger partial charge in [-0.2, -0.15) is 0 Å². The van der Waals surface area contributed by atoms with E-state index in [1.807, 2.05) is 36.4 Å². The number of H-pyrrole nitrogens is 1. The number of carbonyl (C=O) groups excluding carboxylic acids is 1. The van der Waals surface area contributed by atoms with E-state index in [4.69, 9.17) is 9.47 Å². The zero-order valence-electron chi connectivity index (χ0n) is 16.5. The SMILES string of the molecule is O=C(Nc1b[nH]cc1)N1CCC(Oc2ccc(OCc3cccc(F)c3)cc2)CC1. The van der Waals surface area contributed by atoms with Crippen LogP contribution in [0.15, 0.2) is 60.8 Å². The molecule has 0 unspecified atom stereocenters. The number of aromatic nitrogens is 1. The Morgan fingerprint density at radius 3 is 2.60 bits per heavy atom. The van der Waals surface area contributed by atoms with Crippen molar-refractivity contribution in [3.8, 4) is 11.5 Å². The number of aromatic amines is 1. The van der Waals surface area contributed by atoms with Gasteiger partial charge in [0.2, 0.25) is 0 Å². The van der Waals surface area contributed by atoms with Crippen LogP contribution in [-0.2, 0) is 6.61 Å². The summed E-state index contributed by atoms with van der Waals surface area (Å²) in [6.45, 7) is 1.60. The van der Waals surface area contributed by atoms with E-state index >= 15 is 0 Å². The number of anilines is 1. The number of likely N-dealkylation sites (tertiary alicyclic amines) is 1. The molecule has 0 atom stereocenters. The van der Waals surface area contributed by atoms with Gasteiger partial charge < -0.3 is 4.74 Å². The fourth-order valence-electron chi connectivity index (χ4n) is 3.38. The summed E-state index contributed by atoms with van der Waals surface area (Å²) in [4.78, 5) is 17.0. The molecule has 30 heavy (non-hydrogen) atoms. The molecule has 2 aromatic carbocycles. The molecule has 0 radical (unpaired) electrons. The molecule has 1 aromatic heterocycles. The number of hydrogen-bond acceptors (Lipinski definition) is 3. The first kappa shape index (κ1) is 20.0. The molecule has 0 spiro atoms. The Hall–Kier alpha value is -3.29. The van der Waals surface area contributed by atoms with E-state index in [1.165, 1.54) is 12.1 Å². The summed E-state index contributed by atoms with van der Waals surface area (Å²) in [7, 11) is 1.75. The summed E-state index contributed by atoms with van der Waals surface area (Å²) in [5, 5.41) is 2.87. The number of hydrogen-bond donors (Lipinski definition) is 2. The Morgan fingerprint density at radius 1 is 1.13 bits per heavy atom. The quantitative estimate of drug-likeness (QED) is 0.646. The number of urea groups is 1. The first-order chi connectivity index (χ1) is 14.7. The van der Waals surface area contributed by atoms with Crippen LogP contribution in [0.1, 0.15) is 18.4 Å². The van der Waals surface area contributed by atoms with Crippen molar-refractivity contribution >= 4 is 18.7 Å². The van der Waals surface area contributed by atoms with Crippen molar-refractivity contribution in [3.05, 3.63) is 72.2 Å². The molecule has 3 aromatic rings. The zero-order chi connectivity index (χ0) is 20.8. The summed E-state index contributed by atoms with van der Waals surface area (Å²) in [6, 6.07) is 15.5. The number of nitrogens with one attached hydrogen (secondary N) is 2. The first-order valence-electron chi connectivity index (χ1n) is 9.98. The predicted octanol–water partition coefficient (Wildman–Crippen LogP) is 4.15. The van der Waals surface area contributed by atoms with Crippen molar-refractivity contribution in [3.63, 3.8) is 0 Å². The number of ether oxygens (including phenoxy) is 2. The van der Waals surface area contributed by atoms with Gasteiger partial charge in [-0.25, -0.2) is 4.39 Å². The van der Waals surface area contributed by atoms with Crippen LogP contribution in [0.25, 0.3) is 0 Å². The Bertz CT molecular complexity index is 958. The number of nitrogens with zero attached hydrogens (tertiary/aromatic N) is 1. The van der Waals surface area contributed by atoms with E-state index in [9.17, 15) is 9.18 Å². The monoisotopic (exact) mass is 407 g/mol. The van der Waals surface area contributed by atoms with E-state index in [0.29, 0.717) is 25.4 Å². The third-order valence-electron chi connectivity index (χ3n) is 5.00. The van der Waals surface area contributed by atoms with E-state index in [1.54, 1.807) is 24.2 Å². The Kier molecular flexibility index (Phi) is 6.32. The molecular formula is C22H23BFN3O3. The molecule has 4 rings (SSSR count). The van der Waals surface area contributed by atoms with Crippen LogP contribution in [0.3, 0.4) is 0 Å². The molecule has 1 fully saturated rings. The average molecular weight is 407 g/mol. The van der Waals surface area contributed by atoms with Gasteiger partial charge in [-0.1, -0.05) is 12.1 Å². The molecular weight excluding hydrogens is 384 g/mol. The van der Waals surface area contributed by atoms with E-state index in [0.717, 1.165) is 29.7 Å². The zero-order valence-corrected chi connectivity index (χ0v) is 16.5. The Morgan fingerprint density at radius 2 is 1.90 bits per heavy atom. The van der Waals surface area contributed by atoms with Crippen LogP contribution in [0.5, 0.6) is 11.5 Å². The summed E-state index contributed by atoms with van der Waals surface area (Å²) >= 11 is 0. The van der Waals surface area contributed by atoms with E-state index in [2.05, 4.69) is 10.2 Å². The molecule has 2 N–H and O–H groups in total. The summed E-state index contributed by atoms with van der Waals surface area (Å²) in [5.41, 5.74) is 1.54. The molecule has 0 bridgehead atoms. The summed E-state index contributed by atoms with van der Waals surface area (Å²) < 4.78 is 25.0. The number of piperidine rings is 1. The Labute approximate surface area is 175 Å².